The Morgan fingerprint density at radius 2 is 1.77 bits per heavy atom. The van der Waals surface area contributed by atoms with E-state index in [1.54, 1.807) is 0 Å². The molecular formula is C21H16F5N3O2. The van der Waals surface area contributed by atoms with E-state index in [1.807, 2.05) is 0 Å². The number of halogens is 5. The van der Waals surface area contributed by atoms with E-state index in [-0.39, 0.29) is 11.9 Å². The van der Waals surface area contributed by atoms with Gasteiger partial charge in [-0.15, -0.1) is 0 Å². The molecule has 0 radical (unpaired) electrons. The fourth-order valence-electron chi connectivity index (χ4n) is 3.92. The highest BCUT2D eigenvalue weighted by molar-refractivity contribution is 5.95. The van der Waals surface area contributed by atoms with Gasteiger partial charge in [0, 0.05) is 37.0 Å². The van der Waals surface area contributed by atoms with Crippen LogP contribution in [0.3, 0.4) is 0 Å². The van der Waals surface area contributed by atoms with Crippen LogP contribution >= 0.6 is 0 Å². The minimum atomic E-state index is -3.36. The molecule has 1 atom stereocenters. The lowest BCUT2D eigenvalue weighted by atomic mass is 9.93. The molecule has 2 heterocycles. The van der Waals surface area contributed by atoms with E-state index in [9.17, 15) is 31.5 Å². The Morgan fingerprint density at radius 1 is 1.10 bits per heavy atom. The molecule has 4 rings (SSSR count). The number of aromatic nitrogens is 1. The molecular weight excluding hydrogens is 421 g/mol. The third kappa shape index (κ3) is 3.56. The van der Waals surface area contributed by atoms with Crippen LogP contribution in [0, 0.1) is 17.5 Å². The van der Waals surface area contributed by atoms with Gasteiger partial charge in [0.1, 0.15) is 17.5 Å². The molecule has 3 aromatic rings. The molecule has 0 fully saturated rings. The van der Waals surface area contributed by atoms with Crippen molar-refractivity contribution in [3.63, 3.8) is 0 Å². The van der Waals surface area contributed by atoms with Crippen LogP contribution in [0.5, 0.6) is 0 Å². The van der Waals surface area contributed by atoms with E-state index in [0.29, 0.717) is 35.3 Å². The summed E-state index contributed by atoms with van der Waals surface area (Å²) in [5.74, 6) is -4.43. The molecule has 1 amide bonds. The van der Waals surface area contributed by atoms with Gasteiger partial charge in [0.05, 0.1) is 17.0 Å². The molecule has 0 bridgehead atoms. The van der Waals surface area contributed by atoms with E-state index in [4.69, 9.17) is 0 Å². The van der Waals surface area contributed by atoms with Crippen molar-refractivity contribution in [1.29, 1.82) is 0 Å². The van der Waals surface area contributed by atoms with Gasteiger partial charge in [-0.1, -0.05) is 6.07 Å². The molecule has 1 unspecified atom stereocenters. The second-order valence-electron chi connectivity index (χ2n) is 7.25. The zero-order chi connectivity index (χ0) is 22.4. The Morgan fingerprint density at radius 3 is 2.42 bits per heavy atom. The van der Waals surface area contributed by atoms with Crippen LogP contribution in [0.25, 0.3) is 10.8 Å². The van der Waals surface area contributed by atoms with Gasteiger partial charge in [0.15, 0.2) is 0 Å². The number of nitrogens with one attached hydrogen (secondary N) is 2. The molecule has 0 aliphatic carbocycles. The zero-order valence-electron chi connectivity index (χ0n) is 16.1. The molecule has 162 valence electrons. The molecule has 2 aromatic carbocycles. The van der Waals surface area contributed by atoms with Crippen LogP contribution < -0.4 is 10.9 Å². The number of alkyl halides is 2. The summed E-state index contributed by atoms with van der Waals surface area (Å²) < 4.78 is 67.2. The van der Waals surface area contributed by atoms with E-state index in [2.05, 4.69) is 10.3 Å². The number of hydrogen-bond donors (Lipinski definition) is 2. The minimum absolute atomic E-state index is 0.102. The summed E-state index contributed by atoms with van der Waals surface area (Å²) in [6.07, 6.45) is -3.36. The van der Waals surface area contributed by atoms with E-state index in [1.165, 1.54) is 24.1 Å². The van der Waals surface area contributed by atoms with Gasteiger partial charge in [-0.3, -0.25) is 9.59 Å². The van der Waals surface area contributed by atoms with Crippen LogP contribution in [0.1, 0.15) is 39.6 Å². The van der Waals surface area contributed by atoms with Crippen molar-refractivity contribution in [2.24, 2.45) is 0 Å². The highest BCUT2D eigenvalue weighted by atomic mass is 19.3. The molecule has 31 heavy (non-hydrogen) atoms. The fraction of sp³-hybridized carbons (Fsp3) is 0.238. The molecule has 0 saturated heterocycles. The van der Waals surface area contributed by atoms with Gasteiger partial charge in [-0.2, -0.15) is 0 Å². The summed E-state index contributed by atoms with van der Waals surface area (Å²) in [6, 6.07) is 4.18. The summed E-state index contributed by atoms with van der Waals surface area (Å²) in [7, 11) is 1.39. The van der Waals surface area contributed by atoms with E-state index < -0.39 is 52.5 Å². The maximum atomic E-state index is 14.0. The number of hydrogen-bond acceptors (Lipinski definition) is 3. The summed E-state index contributed by atoms with van der Waals surface area (Å²) in [5, 5.41) is 3.59. The number of pyridine rings is 1. The molecule has 1 aromatic heterocycles. The smallest absolute Gasteiger partial charge is 0.269 e. The number of rotatable bonds is 3. The SMILES string of the molecule is CN(C(=O)c1cc(F)c(C(F)F)c(F)c1)C1CNCc2[nH]c(=O)c3cc(F)ccc3c21. The number of aromatic amines is 1. The van der Waals surface area contributed by atoms with Gasteiger partial charge in [-0.05, 0) is 29.7 Å². The summed E-state index contributed by atoms with van der Waals surface area (Å²) in [6.45, 7) is 0.538. The predicted octanol–water partition coefficient (Wildman–Crippen LogP) is 3.80. The topological polar surface area (TPSA) is 65.2 Å². The number of amides is 1. The standard InChI is InChI=1S/C21H16F5N3O2/c1-29(21(31)9-4-13(23)18(19(25)26)14(24)5-9)16-8-27-7-15-17(16)11-3-2-10(22)6-12(11)20(30)28-15/h2-6,16,19,27H,7-8H2,1H3,(H,28,30). The van der Waals surface area contributed by atoms with Crippen LogP contribution in [0.15, 0.2) is 35.1 Å². The molecule has 10 heteroatoms. The van der Waals surface area contributed by atoms with Crippen molar-refractivity contribution < 1.29 is 26.7 Å². The first-order valence-corrected chi connectivity index (χ1v) is 9.28. The Labute approximate surface area is 172 Å². The Bertz CT molecular complexity index is 1230. The lowest BCUT2D eigenvalue weighted by Crippen LogP contribution is -2.42. The first-order chi connectivity index (χ1) is 14.7. The Hall–Kier alpha value is -3.27. The van der Waals surface area contributed by atoms with Crippen molar-refractivity contribution in [2.45, 2.75) is 19.0 Å². The zero-order valence-corrected chi connectivity index (χ0v) is 16.1. The van der Waals surface area contributed by atoms with Crippen LogP contribution in [-0.2, 0) is 6.54 Å². The minimum Gasteiger partial charge on any atom is -0.333 e. The number of nitrogens with zero attached hydrogens (tertiary/aromatic N) is 1. The van der Waals surface area contributed by atoms with Crippen LogP contribution in [0.2, 0.25) is 0 Å². The number of carbonyl (C=O) groups excluding carboxylic acids is 1. The number of benzene rings is 2. The van der Waals surface area contributed by atoms with Gasteiger partial charge in [0.2, 0.25) is 0 Å². The molecule has 1 aliphatic rings. The molecule has 2 N–H and O–H groups in total. The van der Waals surface area contributed by atoms with Crippen molar-refractivity contribution >= 4 is 16.7 Å². The molecule has 5 nitrogen and oxygen atoms in total. The van der Waals surface area contributed by atoms with Crippen molar-refractivity contribution in [2.75, 3.05) is 13.6 Å². The van der Waals surface area contributed by atoms with Crippen LogP contribution in [-0.4, -0.2) is 29.4 Å². The highest BCUT2D eigenvalue weighted by Crippen LogP contribution is 2.33. The second kappa shape index (κ2) is 7.77. The molecule has 0 spiro atoms. The average Bonchev–Trinajstić information content (AvgIpc) is 2.71. The number of carbonyl (C=O) groups is 1. The lowest BCUT2D eigenvalue weighted by molar-refractivity contribution is 0.0721. The third-order valence-electron chi connectivity index (χ3n) is 5.41. The number of H-pyrrole nitrogens is 1. The summed E-state index contributed by atoms with van der Waals surface area (Å²) >= 11 is 0. The first kappa shape index (κ1) is 21.0. The van der Waals surface area contributed by atoms with Crippen molar-refractivity contribution in [1.82, 2.24) is 15.2 Å². The van der Waals surface area contributed by atoms with E-state index in [0.717, 1.165) is 6.07 Å². The van der Waals surface area contributed by atoms with Gasteiger partial charge in [0.25, 0.3) is 17.9 Å². The van der Waals surface area contributed by atoms with Gasteiger partial charge < -0.3 is 15.2 Å². The quantitative estimate of drug-likeness (QED) is 0.613. The summed E-state index contributed by atoms with van der Waals surface area (Å²) in [5.41, 5.74) is -1.26. The number of likely N-dealkylation sites (N-methyl/N-ethyl adjacent to an activating group) is 1. The third-order valence-corrected chi connectivity index (χ3v) is 5.41. The Kier molecular flexibility index (Phi) is 5.26. The number of fused-ring (bicyclic) bond motifs is 3. The highest BCUT2D eigenvalue weighted by Gasteiger charge is 2.31. The van der Waals surface area contributed by atoms with Gasteiger partial charge in [-0.25, -0.2) is 22.0 Å². The average molecular weight is 437 g/mol. The largest absolute Gasteiger partial charge is 0.333 e. The Balaban J connectivity index is 1.79. The maximum Gasteiger partial charge on any atom is 0.269 e. The predicted molar refractivity (Wildman–Crippen MR) is 102 cm³/mol. The van der Waals surface area contributed by atoms with Crippen molar-refractivity contribution in [3.05, 3.63) is 80.5 Å². The van der Waals surface area contributed by atoms with Crippen LogP contribution in [0.4, 0.5) is 22.0 Å². The second-order valence-corrected chi connectivity index (χ2v) is 7.25. The fourth-order valence-corrected chi connectivity index (χ4v) is 3.92. The first-order valence-electron chi connectivity index (χ1n) is 9.28. The van der Waals surface area contributed by atoms with Crippen molar-refractivity contribution in [3.8, 4) is 0 Å². The lowest BCUT2D eigenvalue weighted by Gasteiger charge is -2.34. The normalized spacial score (nSPS) is 15.9. The van der Waals surface area contributed by atoms with Gasteiger partial charge >= 0.3 is 0 Å². The maximum absolute atomic E-state index is 14.0. The molecule has 0 saturated carbocycles. The van der Waals surface area contributed by atoms with E-state index >= 15 is 0 Å². The monoisotopic (exact) mass is 437 g/mol. The summed E-state index contributed by atoms with van der Waals surface area (Å²) in [4.78, 5) is 29.1. The molecule has 1 aliphatic heterocycles.